The molecule has 17 heavy (non-hydrogen) atoms. The Morgan fingerprint density at radius 2 is 1.71 bits per heavy atom. The molecule has 0 saturated carbocycles. The van der Waals surface area contributed by atoms with Gasteiger partial charge in [-0.1, -0.05) is 71.2 Å². The van der Waals surface area contributed by atoms with E-state index < -0.39 is 0 Å². The van der Waals surface area contributed by atoms with Crippen molar-refractivity contribution in [1.29, 1.82) is 0 Å². The van der Waals surface area contributed by atoms with Gasteiger partial charge in [-0.05, 0) is 36.0 Å². The smallest absolute Gasteiger partial charge is 0.0408 e. The number of hydrogen-bond donors (Lipinski definition) is 0. The highest BCUT2D eigenvalue weighted by molar-refractivity contribution is 6.30. The summed E-state index contributed by atoms with van der Waals surface area (Å²) >= 11 is 5.92. The Balaban J connectivity index is 0.000000557. The van der Waals surface area contributed by atoms with E-state index in [1.165, 1.54) is 24.8 Å². The minimum Gasteiger partial charge on any atom is -0.0843 e. The number of halogens is 1. The first kappa shape index (κ1) is 16.5. The van der Waals surface area contributed by atoms with Crippen LogP contribution in [0.5, 0.6) is 0 Å². The van der Waals surface area contributed by atoms with E-state index in [1.54, 1.807) is 0 Å². The van der Waals surface area contributed by atoms with Crippen LogP contribution in [0.4, 0.5) is 0 Å². The van der Waals surface area contributed by atoms with Gasteiger partial charge in [0.2, 0.25) is 0 Å². The fourth-order valence-electron chi connectivity index (χ4n) is 1.49. The van der Waals surface area contributed by atoms with Crippen molar-refractivity contribution < 1.29 is 0 Å². The van der Waals surface area contributed by atoms with Crippen LogP contribution in [0.2, 0.25) is 5.02 Å². The lowest BCUT2D eigenvalue weighted by atomic mass is 9.96. The van der Waals surface area contributed by atoms with E-state index in [4.69, 9.17) is 11.6 Å². The Bertz CT molecular complexity index is 289. The third-order valence-electron chi connectivity index (χ3n) is 2.41. The average Bonchev–Trinajstić information content (AvgIpc) is 2.25. The Labute approximate surface area is 112 Å². The zero-order valence-electron chi connectivity index (χ0n) is 12.0. The van der Waals surface area contributed by atoms with Crippen LogP contribution < -0.4 is 0 Å². The van der Waals surface area contributed by atoms with Crippen LogP contribution in [-0.4, -0.2) is 0 Å². The molecule has 0 N–H and O–H groups in total. The summed E-state index contributed by atoms with van der Waals surface area (Å²) in [5, 5.41) is 0.848. The molecule has 0 nitrogen and oxygen atoms in total. The summed E-state index contributed by atoms with van der Waals surface area (Å²) in [6.07, 6.45) is 3.83. The second kappa shape index (κ2) is 9.53. The monoisotopic (exact) mass is 254 g/mol. The minimum absolute atomic E-state index is 0.638. The summed E-state index contributed by atoms with van der Waals surface area (Å²) in [5.41, 5.74) is 1.36. The van der Waals surface area contributed by atoms with E-state index in [0.717, 1.165) is 10.9 Å². The molecule has 98 valence electrons. The first-order valence-corrected chi connectivity index (χ1v) is 7.10. The van der Waals surface area contributed by atoms with Crippen molar-refractivity contribution in [3.8, 4) is 0 Å². The normalized spacial score (nSPS) is 11.9. The quantitative estimate of drug-likeness (QED) is 0.592. The van der Waals surface area contributed by atoms with Crippen molar-refractivity contribution in [1.82, 2.24) is 0 Å². The van der Waals surface area contributed by atoms with Gasteiger partial charge in [0.1, 0.15) is 0 Å². The number of hydrogen-bond acceptors (Lipinski definition) is 0. The van der Waals surface area contributed by atoms with Gasteiger partial charge < -0.3 is 0 Å². The molecule has 1 heteroatoms. The molecule has 0 aliphatic heterocycles. The summed E-state index contributed by atoms with van der Waals surface area (Å²) in [6, 6.07) is 8.19. The van der Waals surface area contributed by atoms with Gasteiger partial charge in [-0.15, -0.1) is 0 Å². The lowest BCUT2D eigenvalue weighted by molar-refractivity contribution is 0.624. The van der Waals surface area contributed by atoms with Gasteiger partial charge in [-0.25, -0.2) is 0 Å². The van der Waals surface area contributed by atoms with Crippen LogP contribution in [0.15, 0.2) is 24.3 Å². The summed E-state index contributed by atoms with van der Waals surface area (Å²) in [6.45, 7) is 11.0. The molecule has 1 atom stereocenters. The van der Waals surface area contributed by atoms with Crippen molar-refractivity contribution in [3.05, 3.63) is 34.9 Å². The molecule has 0 aliphatic carbocycles. The predicted molar refractivity (Wildman–Crippen MR) is 79.9 cm³/mol. The fraction of sp³-hybridized carbons (Fsp3) is 0.625. The highest BCUT2D eigenvalue weighted by Crippen LogP contribution is 2.23. The van der Waals surface area contributed by atoms with E-state index in [1.807, 2.05) is 12.1 Å². The van der Waals surface area contributed by atoms with E-state index in [0.29, 0.717) is 5.92 Å². The van der Waals surface area contributed by atoms with Gasteiger partial charge in [0.05, 0.1) is 0 Å². The molecule has 0 amide bonds. The zero-order valence-corrected chi connectivity index (χ0v) is 12.7. The highest BCUT2D eigenvalue weighted by atomic mass is 35.5. The first-order valence-electron chi connectivity index (χ1n) is 6.72. The molecular weight excluding hydrogens is 228 g/mol. The predicted octanol–water partition coefficient (Wildman–Crippen LogP) is 6.30. The number of unbranched alkanes of at least 4 members (excludes halogenated alkanes) is 1. The Morgan fingerprint density at radius 1 is 1.12 bits per heavy atom. The molecule has 0 fully saturated rings. The summed E-state index contributed by atoms with van der Waals surface area (Å²) < 4.78 is 0. The molecule has 0 heterocycles. The maximum Gasteiger partial charge on any atom is 0.0408 e. The average molecular weight is 255 g/mol. The SMILES string of the molecule is CC(C)C.CCCCC(C)c1cccc(Cl)c1. The van der Waals surface area contributed by atoms with Crippen LogP contribution in [0, 0.1) is 5.92 Å². The summed E-state index contributed by atoms with van der Waals surface area (Å²) in [7, 11) is 0. The second-order valence-corrected chi connectivity index (χ2v) is 5.77. The van der Waals surface area contributed by atoms with E-state index in [2.05, 4.69) is 46.8 Å². The molecular formula is C16H27Cl. The molecule has 0 radical (unpaired) electrons. The lowest BCUT2D eigenvalue weighted by Crippen LogP contribution is -1.92. The lowest BCUT2D eigenvalue weighted by Gasteiger charge is -2.10. The van der Waals surface area contributed by atoms with Crippen molar-refractivity contribution in [3.63, 3.8) is 0 Å². The zero-order chi connectivity index (χ0) is 13.3. The fourth-order valence-corrected chi connectivity index (χ4v) is 1.69. The van der Waals surface area contributed by atoms with Crippen LogP contribution in [0.3, 0.4) is 0 Å². The van der Waals surface area contributed by atoms with Crippen molar-refractivity contribution in [2.75, 3.05) is 0 Å². The van der Waals surface area contributed by atoms with E-state index in [9.17, 15) is 0 Å². The molecule has 0 spiro atoms. The van der Waals surface area contributed by atoms with Crippen molar-refractivity contribution >= 4 is 11.6 Å². The highest BCUT2D eigenvalue weighted by Gasteiger charge is 2.04. The van der Waals surface area contributed by atoms with Crippen LogP contribution in [-0.2, 0) is 0 Å². The maximum atomic E-state index is 5.92. The van der Waals surface area contributed by atoms with Gasteiger partial charge in [0.25, 0.3) is 0 Å². The van der Waals surface area contributed by atoms with Gasteiger partial charge >= 0.3 is 0 Å². The molecule has 0 saturated heterocycles. The minimum atomic E-state index is 0.638. The Morgan fingerprint density at radius 3 is 2.18 bits per heavy atom. The second-order valence-electron chi connectivity index (χ2n) is 5.33. The van der Waals surface area contributed by atoms with E-state index in [-0.39, 0.29) is 0 Å². The van der Waals surface area contributed by atoms with Gasteiger partial charge in [0.15, 0.2) is 0 Å². The molecule has 0 aliphatic rings. The Hall–Kier alpha value is -0.490. The van der Waals surface area contributed by atoms with Crippen LogP contribution in [0.25, 0.3) is 0 Å². The third-order valence-corrected chi connectivity index (χ3v) is 2.64. The molecule has 1 aromatic carbocycles. The molecule has 1 aromatic rings. The summed E-state index contributed by atoms with van der Waals surface area (Å²) in [4.78, 5) is 0. The molecule has 0 bridgehead atoms. The molecule has 1 unspecified atom stereocenters. The van der Waals surface area contributed by atoms with Crippen LogP contribution in [0.1, 0.15) is 65.4 Å². The number of benzene rings is 1. The van der Waals surface area contributed by atoms with Gasteiger partial charge in [0, 0.05) is 5.02 Å². The third kappa shape index (κ3) is 9.23. The topological polar surface area (TPSA) is 0 Å². The first-order chi connectivity index (χ1) is 7.97. The Kier molecular flexibility index (Phi) is 9.26. The molecule has 1 rings (SSSR count). The van der Waals surface area contributed by atoms with Gasteiger partial charge in [-0.2, -0.15) is 0 Å². The largest absolute Gasteiger partial charge is 0.0843 e. The molecule has 0 aromatic heterocycles. The van der Waals surface area contributed by atoms with Crippen molar-refractivity contribution in [2.45, 2.75) is 59.8 Å². The summed E-state index contributed by atoms with van der Waals surface area (Å²) in [5.74, 6) is 1.47. The van der Waals surface area contributed by atoms with Crippen molar-refractivity contribution in [2.24, 2.45) is 5.92 Å². The van der Waals surface area contributed by atoms with Crippen LogP contribution >= 0.6 is 11.6 Å². The number of rotatable bonds is 4. The maximum absolute atomic E-state index is 5.92. The van der Waals surface area contributed by atoms with Gasteiger partial charge in [-0.3, -0.25) is 0 Å². The standard InChI is InChI=1S/C12H17Cl.C4H10/c1-3-4-6-10(2)11-7-5-8-12(13)9-11;1-4(2)3/h5,7-10H,3-4,6H2,1-2H3;4H,1-3H3. The van der Waals surface area contributed by atoms with E-state index >= 15 is 0 Å².